The third-order valence-electron chi connectivity index (χ3n) is 3.80. The highest BCUT2D eigenvalue weighted by atomic mass is 32.2. The van der Waals surface area contributed by atoms with Crippen molar-refractivity contribution in [2.45, 2.75) is 58.0 Å². The molecular formula is C14H28N2O3S. The van der Waals surface area contributed by atoms with Crippen LogP contribution in [0.4, 0.5) is 0 Å². The second-order valence-corrected chi connectivity index (χ2v) is 7.15. The van der Waals surface area contributed by atoms with Gasteiger partial charge in [0.1, 0.15) is 11.8 Å². The van der Waals surface area contributed by atoms with Gasteiger partial charge in [-0.15, -0.1) is 0 Å². The molecule has 1 aliphatic heterocycles. The lowest BCUT2D eigenvalue weighted by Crippen LogP contribution is -2.58. The van der Waals surface area contributed by atoms with Crippen molar-refractivity contribution in [3.8, 4) is 0 Å². The van der Waals surface area contributed by atoms with Crippen molar-refractivity contribution in [3.05, 3.63) is 0 Å². The van der Waals surface area contributed by atoms with Crippen LogP contribution in [0.2, 0.25) is 0 Å². The van der Waals surface area contributed by atoms with Crippen molar-refractivity contribution in [1.82, 2.24) is 4.90 Å². The molecular weight excluding hydrogens is 276 g/mol. The quantitative estimate of drug-likeness (QED) is 0.767. The molecule has 20 heavy (non-hydrogen) atoms. The van der Waals surface area contributed by atoms with E-state index in [0.29, 0.717) is 6.61 Å². The summed E-state index contributed by atoms with van der Waals surface area (Å²) < 4.78 is 5.73. The van der Waals surface area contributed by atoms with Crippen LogP contribution < -0.4 is 5.73 Å². The Kier molecular flexibility index (Phi) is 6.31. The number of nitrogens with two attached hydrogens (primary N) is 1. The molecule has 0 aromatic heterocycles. The number of carbonyl (C=O) groups is 1. The molecule has 1 amide bonds. The van der Waals surface area contributed by atoms with Gasteiger partial charge in [0.05, 0.1) is 18.8 Å². The minimum atomic E-state index is -0.896. The molecule has 1 fully saturated rings. The molecule has 0 aliphatic carbocycles. The summed E-state index contributed by atoms with van der Waals surface area (Å²) in [6.45, 7) is 7.99. The Morgan fingerprint density at radius 2 is 2.15 bits per heavy atom. The highest BCUT2D eigenvalue weighted by Crippen LogP contribution is 2.30. The first-order chi connectivity index (χ1) is 9.22. The maximum atomic E-state index is 12.6. The topological polar surface area (TPSA) is 75.8 Å². The monoisotopic (exact) mass is 304 g/mol. The van der Waals surface area contributed by atoms with Crippen molar-refractivity contribution < 1.29 is 14.6 Å². The van der Waals surface area contributed by atoms with E-state index >= 15 is 0 Å². The van der Waals surface area contributed by atoms with Crippen molar-refractivity contribution in [1.29, 1.82) is 0 Å². The van der Waals surface area contributed by atoms with Gasteiger partial charge in [-0.3, -0.25) is 4.79 Å². The van der Waals surface area contributed by atoms with E-state index < -0.39 is 17.9 Å². The van der Waals surface area contributed by atoms with Crippen molar-refractivity contribution in [2.75, 3.05) is 18.6 Å². The van der Waals surface area contributed by atoms with Crippen LogP contribution >= 0.6 is 11.8 Å². The summed E-state index contributed by atoms with van der Waals surface area (Å²) in [7, 11) is 0. The molecule has 0 radical (unpaired) electrons. The summed E-state index contributed by atoms with van der Waals surface area (Å²) in [5.41, 5.74) is 5.29. The number of amides is 1. The lowest BCUT2D eigenvalue weighted by Gasteiger charge is -2.37. The summed E-state index contributed by atoms with van der Waals surface area (Å²) in [5.74, 6) is 0.695. The Balaban J connectivity index is 2.84. The van der Waals surface area contributed by atoms with Gasteiger partial charge in [0, 0.05) is 0 Å². The van der Waals surface area contributed by atoms with E-state index in [9.17, 15) is 9.90 Å². The van der Waals surface area contributed by atoms with Gasteiger partial charge in [0.25, 0.3) is 0 Å². The molecule has 0 bridgehead atoms. The molecule has 1 saturated heterocycles. The van der Waals surface area contributed by atoms with Gasteiger partial charge in [-0.2, -0.15) is 11.8 Å². The predicted molar refractivity (Wildman–Crippen MR) is 82.5 cm³/mol. The van der Waals surface area contributed by atoms with Crippen LogP contribution in [0.1, 0.15) is 34.1 Å². The molecule has 0 aromatic carbocycles. The molecule has 118 valence electrons. The van der Waals surface area contributed by atoms with Crippen LogP contribution in [-0.4, -0.2) is 58.4 Å². The van der Waals surface area contributed by atoms with Crippen LogP contribution in [0.25, 0.3) is 0 Å². The number of thioether (sulfide) groups is 1. The van der Waals surface area contributed by atoms with Gasteiger partial charge >= 0.3 is 0 Å². The summed E-state index contributed by atoms with van der Waals surface area (Å²) in [4.78, 5) is 14.4. The largest absolute Gasteiger partial charge is 0.391 e. The molecule has 5 nitrogen and oxygen atoms in total. The van der Waals surface area contributed by atoms with Crippen LogP contribution in [0.3, 0.4) is 0 Å². The third kappa shape index (κ3) is 3.87. The van der Waals surface area contributed by atoms with E-state index in [4.69, 9.17) is 10.5 Å². The number of ether oxygens (including phenoxy) is 1. The highest BCUT2D eigenvalue weighted by Gasteiger charge is 2.45. The van der Waals surface area contributed by atoms with E-state index in [2.05, 4.69) is 0 Å². The summed E-state index contributed by atoms with van der Waals surface area (Å²) in [5, 5.41) is 10.0. The van der Waals surface area contributed by atoms with Crippen molar-refractivity contribution in [3.63, 3.8) is 0 Å². The highest BCUT2D eigenvalue weighted by molar-refractivity contribution is 7.98. The Morgan fingerprint density at radius 3 is 2.65 bits per heavy atom. The average molecular weight is 304 g/mol. The fourth-order valence-electron chi connectivity index (χ4n) is 2.52. The molecule has 0 aromatic rings. The van der Waals surface area contributed by atoms with Gasteiger partial charge < -0.3 is 20.5 Å². The fourth-order valence-corrected chi connectivity index (χ4v) is 3.02. The normalized spacial score (nSPS) is 25.0. The molecule has 0 spiro atoms. The van der Waals surface area contributed by atoms with Gasteiger partial charge in [-0.1, -0.05) is 13.8 Å². The van der Waals surface area contributed by atoms with Gasteiger partial charge in [-0.05, 0) is 38.2 Å². The second-order valence-electron chi connectivity index (χ2n) is 6.16. The van der Waals surface area contributed by atoms with Gasteiger partial charge in [0.2, 0.25) is 5.91 Å². The van der Waals surface area contributed by atoms with Crippen LogP contribution in [0.15, 0.2) is 0 Å². The second kappa shape index (κ2) is 7.11. The Hall–Kier alpha value is -0.300. The molecule has 1 aliphatic rings. The van der Waals surface area contributed by atoms with Crippen LogP contribution in [-0.2, 0) is 9.53 Å². The lowest BCUT2D eigenvalue weighted by atomic mass is 9.98. The molecule has 3 atom stereocenters. The zero-order valence-electron chi connectivity index (χ0n) is 13.1. The molecule has 0 unspecified atom stereocenters. The van der Waals surface area contributed by atoms with E-state index in [1.807, 2.05) is 34.0 Å². The van der Waals surface area contributed by atoms with Crippen LogP contribution in [0, 0.1) is 5.92 Å². The summed E-state index contributed by atoms with van der Waals surface area (Å²) >= 11 is 1.75. The molecule has 6 heteroatoms. The maximum absolute atomic E-state index is 12.6. The molecule has 3 N–H and O–H groups in total. The first-order valence-corrected chi connectivity index (χ1v) is 8.51. The van der Waals surface area contributed by atoms with E-state index in [1.165, 1.54) is 0 Å². The Labute approximate surface area is 126 Å². The van der Waals surface area contributed by atoms with Gasteiger partial charge in [0.15, 0.2) is 0 Å². The number of aliphatic hydroxyl groups excluding tert-OH is 1. The summed E-state index contributed by atoms with van der Waals surface area (Å²) in [6.07, 6.45) is 2.09. The van der Waals surface area contributed by atoms with E-state index in [0.717, 1.165) is 12.2 Å². The van der Waals surface area contributed by atoms with Crippen molar-refractivity contribution >= 4 is 17.7 Å². The minimum Gasteiger partial charge on any atom is -0.391 e. The van der Waals surface area contributed by atoms with E-state index in [1.54, 1.807) is 16.7 Å². The molecule has 0 saturated carbocycles. The Morgan fingerprint density at radius 1 is 1.55 bits per heavy atom. The first-order valence-electron chi connectivity index (χ1n) is 7.12. The predicted octanol–water partition coefficient (Wildman–Crippen LogP) is 1.05. The smallest absolute Gasteiger partial charge is 0.244 e. The number of hydrogen-bond acceptors (Lipinski definition) is 5. The number of rotatable bonds is 6. The zero-order chi connectivity index (χ0) is 15.5. The van der Waals surface area contributed by atoms with Crippen LogP contribution in [0.5, 0.6) is 0 Å². The molecule has 1 heterocycles. The number of nitrogens with zero attached hydrogens (tertiary/aromatic N) is 1. The lowest BCUT2D eigenvalue weighted by molar-refractivity contribution is -0.150. The standard InChI is InChI=1S/C14H28N2O3S/c1-9(2)12(17)11(15)13(18)16-10(6-7-20-5)8-19-14(16,3)4/h9-12,17H,6-8,15H2,1-5H3/t10-,11+,12+/m0/s1. The SMILES string of the molecule is CSCC[C@H]1COC(C)(C)N1C(=O)[C@H](N)[C@H](O)C(C)C. The first kappa shape index (κ1) is 17.8. The molecule has 1 rings (SSSR count). The average Bonchev–Trinajstić information content (AvgIpc) is 2.68. The minimum absolute atomic E-state index is 0.0374. The number of hydrogen-bond donors (Lipinski definition) is 2. The van der Waals surface area contributed by atoms with Gasteiger partial charge in [-0.25, -0.2) is 0 Å². The zero-order valence-corrected chi connectivity index (χ0v) is 13.9. The maximum Gasteiger partial charge on any atom is 0.244 e. The fraction of sp³-hybridized carbons (Fsp3) is 0.929. The number of carbonyl (C=O) groups excluding carboxylic acids is 1. The summed E-state index contributed by atoms with van der Waals surface area (Å²) in [6, 6.07) is -0.858. The van der Waals surface area contributed by atoms with Crippen molar-refractivity contribution in [2.24, 2.45) is 11.7 Å². The third-order valence-corrected chi connectivity index (χ3v) is 4.45. The number of aliphatic hydroxyl groups is 1. The Bertz CT molecular complexity index is 336. The van der Waals surface area contributed by atoms with E-state index in [-0.39, 0.29) is 17.9 Å².